The SMILES string of the molecule is CCN(CC)Cc1ccccc1CNC1CCCC1. The Kier molecular flexibility index (Phi) is 5.87. The molecular weight excluding hydrogens is 232 g/mol. The summed E-state index contributed by atoms with van der Waals surface area (Å²) in [6, 6.07) is 9.64. The maximum Gasteiger partial charge on any atom is 0.0236 e. The van der Waals surface area contributed by atoms with Gasteiger partial charge in [-0.25, -0.2) is 0 Å². The van der Waals surface area contributed by atoms with Crippen LogP contribution in [0.15, 0.2) is 24.3 Å². The van der Waals surface area contributed by atoms with E-state index in [0.717, 1.165) is 32.2 Å². The minimum Gasteiger partial charge on any atom is -0.310 e. The average Bonchev–Trinajstić information content (AvgIpc) is 2.97. The molecule has 0 atom stereocenters. The van der Waals surface area contributed by atoms with E-state index in [4.69, 9.17) is 0 Å². The lowest BCUT2D eigenvalue weighted by Gasteiger charge is -2.21. The molecule has 1 aromatic carbocycles. The second-order valence-electron chi connectivity index (χ2n) is 5.59. The molecule has 0 amide bonds. The number of hydrogen-bond donors (Lipinski definition) is 1. The maximum absolute atomic E-state index is 3.73. The molecule has 0 bridgehead atoms. The second kappa shape index (κ2) is 7.66. The van der Waals surface area contributed by atoms with Crippen LogP contribution in [0.5, 0.6) is 0 Å². The molecule has 1 saturated carbocycles. The van der Waals surface area contributed by atoms with Crippen molar-refractivity contribution in [2.75, 3.05) is 13.1 Å². The monoisotopic (exact) mass is 260 g/mol. The fraction of sp³-hybridized carbons (Fsp3) is 0.647. The fourth-order valence-electron chi connectivity index (χ4n) is 2.96. The zero-order valence-electron chi connectivity index (χ0n) is 12.5. The van der Waals surface area contributed by atoms with Crippen molar-refractivity contribution in [1.29, 1.82) is 0 Å². The third-order valence-electron chi connectivity index (χ3n) is 4.34. The standard InChI is InChI=1S/C17H28N2/c1-3-19(4-2)14-16-10-6-5-9-15(16)13-18-17-11-7-8-12-17/h5-6,9-10,17-18H,3-4,7-8,11-14H2,1-2H3. The van der Waals surface area contributed by atoms with Crippen LogP contribution in [0.3, 0.4) is 0 Å². The normalized spacial score (nSPS) is 16.4. The first kappa shape index (κ1) is 14.5. The van der Waals surface area contributed by atoms with Crippen LogP contribution in [0.25, 0.3) is 0 Å². The fourth-order valence-corrected chi connectivity index (χ4v) is 2.96. The lowest BCUT2D eigenvalue weighted by Crippen LogP contribution is -2.27. The predicted molar refractivity (Wildman–Crippen MR) is 82.2 cm³/mol. The van der Waals surface area contributed by atoms with Gasteiger partial charge in [-0.05, 0) is 37.1 Å². The van der Waals surface area contributed by atoms with E-state index in [1.54, 1.807) is 0 Å². The number of nitrogens with one attached hydrogen (secondary N) is 1. The van der Waals surface area contributed by atoms with E-state index in [0.29, 0.717) is 0 Å². The van der Waals surface area contributed by atoms with E-state index in [-0.39, 0.29) is 0 Å². The number of hydrogen-bond acceptors (Lipinski definition) is 2. The van der Waals surface area contributed by atoms with Crippen molar-refractivity contribution in [3.8, 4) is 0 Å². The molecule has 2 rings (SSSR count). The summed E-state index contributed by atoms with van der Waals surface area (Å²) in [5.74, 6) is 0. The van der Waals surface area contributed by atoms with Gasteiger partial charge in [-0.2, -0.15) is 0 Å². The molecule has 0 unspecified atom stereocenters. The van der Waals surface area contributed by atoms with Crippen molar-refractivity contribution in [2.45, 2.75) is 58.7 Å². The molecule has 106 valence electrons. The molecule has 0 aromatic heterocycles. The Morgan fingerprint density at radius 1 is 1.05 bits per heavy atom. The number of benzene rings is 1. The highest BCUT2D eigenvalue weighted by atomic mass is 15.1. The van der Waals surface area contributed by atoms with E-state index >= 15 is 0 Å². The summed E-state index contributed by atoms with van der Waals surface area (Å²) in [6.07, 6.45) is 5.52. The average molecular weight is 260 g/mol. The molecule has 2 heteroatoms. The summed E-state index contributed by atoms with van der Waals surface area (Å²) in [6.45, 7) is 8.84. The van der Waals surface area contributed by atoms with Crippen LogP contribution in [0.2, 0.25) is 0 Å². The zero-order valence-corrected chi connectivity index (χ0v) is 12.5. The lowest BCUT2D eigenvalue weighted by atomic mass is 10.1. The first-order valence-corrected chi connectivity index (χ1v) is 7.86. The molecule has 0 spiro atoms. The van der Waals surface area contributed by atoms with Gasteiger partial charge < -0.3 is 5.32 Å². The molecule has 1 aliphatic carbocycles. The van der Waals surface area contributed by atoms with Gasteiger partial charge in [0.2, 0.25) is 0 Å². The van der Waals surface area contributed by atoms with Gasteiger partial charge in [0, 0.05) is 19.1 Å². The van der Waals surface area contributed by atoms with Gasteiger partial charge in [-0.15, -0.1) is 0 Å². The molecule has 0 saturated heterocycles. The van der Waals surface area contributed by atoms with E-state index < -0.39 is 0 Å². The van der Waals surface area contributed by atoms with E-state index in [2.05, 4.69) is 48.3 Å². The van der Waals surface area contributed by atoms with Gasteiger partial charge in [0.15, 0.2) is 0 Å². The topological polar surface area (TPSA) is 15.3 Å². The van der Waals surface area contributed by atoms with Gasteiger partial charge in [0.25, 0.3) is 0 Å². The molecule has 1 fully saturated rings. The van der Waals surface area contributed by atoms with Crippen molar-refractivity contribution in [3.05, 3.63) is 35.4 Å². The predicted octanol–water partition coefficient (Wildman–Crippen LogP) is 3.56. The van der Waals surface area contributed by atoms with Crippen molar-refractivity contribution in [1.82, 2.24) is 10.2 Å². The highest BCUT2D eigenvalue weighted by Gasteiger charge is 2.14. The third-order valence-corrected chi connectivity index (χ3v) is 4.34. The van der Waals surface area contributed by atoms with Gasteiger partial charge in [-0.1, -0.05) is 51.0 Å². The lowest BCUT2D eigenvalue weighted by molar-refractivity contribution is 0.294. The largest absolute Gasteiger partial charge is 0.310 e. The summed E-state index contributed by atoms with van der Waals surface area (Å²) in [4.78, 5) is 2.48. The molecule has 1 aromatic rings. The van der Waals surface area contributed by atoms with E-state index in [1.807, 2.05) is 0 Å². The quantitative estimate of drug-likeness (QED) is 0.806. The summed E-state index contributed by atoms with van der Waals surface area (Å²) in [5, 5.41) is 3.73. The molecule has 2 nitrogen and oxygen atoms in total. The molecule has 1 N–H and O–H groups in total. The first-order chi connectivity index (χ1) is 9.33. The van der Waals surface area contributed by atoms with Gasteiger partial charge >= 0.3 is 0 Å². The van der Waals surface area contributed by atoms with Gasteiger partial charge in [0.1, 0.15) is 0 Å². The van der Waals surface area contributed by atoms with Crippen LogP contribution in [-0.2, 0) is 13.1 Å². The Labute approximate surface area is 118 Å². The molecule has 0 heterocycles. The van der Waals surface area contributed by atoms with Crippen LogP contribution in [-0.4, -0.2) is 24.0 Å². The highest BCUT2D eigenvalue weighted by molar-refractivity contribution is 5.27. The van der Waals surface area contributed by atoms with E-state index in [1.165, 1.54) is 36.8 Å². The number of rotatable bonds is 7. The van der Waals surface area contributed by atoms with Crippen LogP contribution in [0.4, 0.5) is 0 Å². The Balaban J connectivity index is 1.94. The Morgan fingerprint density at radius 3 is 2.32 bits per heavy atom. The third kappa shape index (κ3) is 4.32. The Bertz CT molecular complexity index is 365. The van der Waals surface area contributed by atoms with Crippen molar-refractivity contribution >= 4 is 0 Å². The Morgan fingerprint density at radius 2 is 1.68 bits per heavy atom. The van der Waals surface area contributed by atoms with Crippen molar-refractivity contribution in [3.63, 3.8) is 0 Å². The maximum atomic E-state index is 3.73. The molecule has 0 radical (unpaired) electrons. The number of nitrogens with zero attached hydrogens (tertiary/aromatic N) is 1. The smallest absolute Gasteiger partial charge is 0.0236 e. The van der Waals surface area contributed by atoms with Crippen molar-refractivity contribution in [2.24, 2.45) is 0 Å². The highest BCUT2D eigenvalue weighted by Crippen LogP contribution is 2.19. The van der Waals surface area contributed by atoms with Crippen molar-refractivity contribution < 1.29 is 0 Å². The van der Waals surface area contributed by atoms with Crippen LogP contribution in [0.1, 0.15) is 50.7 Å². The summed E-state index contributed by atoms with van der Waals surface area (Å²) in [7, 11) is 0. The van der Waals surface area contributed by atoms with Crippen LogP contribution >= 0.6 is 0 Å². The van der Waals surface area contributed by atoms with Gasteiger partial charge in [-0.3, -0.25) is 4.90 Å². The Hall–Kier alpha value is -0.860. The second-order valence-corrected chi connectivity index (χ2v) is 5.59. The molecule has 0 aliphatic heterocycles. The molecule has 1 aliphatic rings. The van der Waals surface area contributed by atoms with Crippen LogP contribution < -0.4 is 5.32 Å². The molecule has 19 heavy (non-hydrogen) atoms. The summed E-state index contributed by atoms with van der Waals surface area (Å²) in [5.41, 5.74) is 2.96. The minimum atomic E-state index is 0.751. The summed E-state index contributed by atoms with van der Waals surface area (Å²) < 4.78 is 0. The summed E-state index contributed by atoms with van der Waals surface area (Å²) >= 11 is 0. The minimum absolute atomic E-state index is 0.751. The first-order valence-electron chi connectivity index (χ1n) is 7.86. The van der Waals surface area contributed by atoms with Crippen LogP contribution in [0, 0.1) is 0 Å². The zero-order chi connectivity index (χ0) is 13.5. The van der Waals surface area contributed by atoms with Gasteiger partial charge in [0.05, 0.1) is 0 Å². The molecular formula is C17H28N2. The van der Waals surface area contributed by atoms with E-state index in [9.17, 15) is 0 Å².